The molecule has 0 radical (unpaired) electrons. The van der Waals surface area contributed by atoms with E-state index in [-0.39, 0.29) is 11.4 Å². The maximum Gasteiger partial charge on any atom is 0.241 e. The number of hydrogen-bond donors (Lipinski definition) is 1. The molecule has 0 saturated carbocycles. The first kappa shape index (κ1) is 18.2. The zero-order valence-corrected chi connectivity index (χ0v) is 14.9. The van der Waals surface area contributed by atoms with Gasteiger partial charge in [-0.3, -0.25) is 0 Å². The van der Waals surface area contributed by atoms with Crippen molar-refractivity contribution >= 4 is 16.2 Å². The van der Waals surface area contributed by atoms with Gasteiger partial charge in [-0.1, -0.05) is 30.3 Å². The number of hydrogen-bond acceptors (Lipinski definition) is 3. The van der Waals surface area contributed by atoms with E-state index in [0.29, 0.717) is 5.56 Å². The van der Waals surface area contributed by atoms with Gasteiger partial charge in [-0.05, 0) is 45.0 Å². The van der Waals surface area contributed by atoms with E-state index in [0.717, 1.165) is 10.3 Å². The lowest BCUT2D eigenvalue weighted by atomic mass is 10.1. The fourth-order valence-corrected chi connectivity index (χ4v) is 3.59. The Bertz CT molecular complexity index is 806. The van der Waals surface area contributed by atoms with Crippen LogP contribution in [0.1, 0.15) is 31.9 Å². The largest absolute Gasteiger partial charge is 0.624 e. The van der Waals surface area contributed by atoms with Crippen LogP contribution in [0.15, 0.2) is 59.5 Å². The van der Waals surface area contributed by atoms with E-state index in [1.807, 2.05) is 30.3 Å². The zero-order valence-electron chi connectivity index (χ0n) is 14.1. The second-order valence-corrected chi connectivity index (χ2v) is 8.30. The van der Waals surface area contributed by atoms with Crippen molar-refractivity contribution in [1.29, 1.82) is 0 Å². The highest BCUT2D eigenvalue weighted by Gasteiger charge is 2.21. The van der Waals surface area contributed by atoms with Gasteiger partial charge in [0.1, 0.15) is 0 Å². The Morgan fingerprint density at radius 2 is 1.62 bits per heavy atom. The van der Waals surface area contributed by atoms with E-state index in [1.54, 1.807) is 32.9 Å². The molecule has 2 aromatic rings. The molecule has 0 fully saturated rings. The molecule has 0 aliphatic rings. The molecule has 0 aliphatic carbocycles. The predicted octanol–water partition coefficient (Wildman–Crippen LogP) is 2.89. The van der Waals surface area contributed by atoms with Gasteiger partial charge in [-0.25, -0.2) is 17.9 Å². The molecular weight excluding hydrogens is 324 g/mol. The minimum Gasteiger partial charge on any atom is -0.624 e. The normalized spacial score (nSPS) is 13.0. The van der Waals surface area contributed by atoms with Crippen LogP contribution in [-0.2, 0) is 16.6 Å². The molecule has 0 heterocycles. The number of rotatable bonds is 5. The first-order valence-corrected chi connectivity index (χ1v) is 9.11. The summed E-state index contributed by atoms with van der Waals surface area (Å²) in [5, 5.41) is 12.0. The maximum absolute atomic E-state index is 12.2. The summed E-state index contributed by atoms with van der Waals surface area (Å²) in [6.45, 7) is 5.59. The smallest absolute Gasteiger partial charge is 0.241 e. The lowest BCUT2D eigenvalue weighted by molar-refractivity contribution is -0.469. The van der Waals surface area contributed by atoms with Crippen molar-refractivity contribution in [2.24, 2.45) is 0 Å². The Kier molecular flexibility index (Phi) is 5.41. The van der Waals surface area contributed by atoms with Gasteiger partial charge >= 0.3 is 0 Å². The van der Waals surface area contributed by atoms with Gasteiger partial charge in [-0.2, -0.15) is 0 Å². The van der Waals surface area contributed by atoms with Crippen LogP contribution < -0.4 is 4.72 Å². The molecule has 128 valence electrons. The average molecular weight is 346 g/mol. The Balaban J connectivity index is 2.13. The van der Waals surface area contributed by atoms with Crippen molar-refractivity contribution < 1.29 is 13.2 Å². The topological polar surface area (TPSA) is 72.2 Å². The molecular formula is C18H22N2O3S. The molecule has 5 nitrogen and oxygen atoms in total. The molecule has 0 saturated heterocycles. The van der Waals surface area contributed by atoms with Gasteiger partial charge in [0.25, 0.3) is 0 Å². The van der Waals surface area contributed by atoms with Gasteiger partial charge < -0.3 is 5.21 Å². The van der Waals surface area contributed by atoms with Crippen molar-refractivity contribution in [2.75, 3.05) is 0 Å². The highest BCUT2D eigenvalue weighted by molar-refractivity contribution is 7.89. The van der Waals surface area contributed by atoms with E-state index < -0.39 is 15.6 Å². The van der Waals surface area contributed by atoms with Gasteiger partial charge in [0.15, 0.2) is 12.8 Å². The highest BCUT2D eigenvalue weighted by atomic mass is 32.2. The first-order valence-electron chi connectivity index (χ1n) is 7.62. The molecule has 6 heteroatoms. The zero-order chi connectivity index (χ0) is 17.8. The van der Waals surface area contributed by atoms with Gasteiger partial charge in [-0.15, -0.1) is 0 Å². The Labute approximate surface area is 143 Å². The van der Waals surface area contributed by atoms with Crippen LogP contribution >= 0.6 is 0 Å². The molecule has 0 unspecified atom stereocenters. The lowest BCUT2D eigenvalue weighted by Crippen LogP contribution is -2.40. The van der Waals surface area contributed by atoms with Crippen molar-refractivity contribution in [2.45, 2.75) is 37.8 Å². The summed E-state index contributed by atoms with van der Waals surface area (Å²) >= 11 is 0. The minimum absolute atomic E-state index is 0.176. The molecule has 2 aromatic carbocycles. The standard InChI is InChI=1S/C18H22N2O3S/c1-18(2,3)19-24(22,23)17-11-9-16(10-12-17)14-20(21)13-15-7-5-4-6-8-15/h4-12,14,19H,13H2,1-3H3. The summed E-state index contributed by atoms with van der Waals surface area (Å²) in [6, 6.07) is 15.6. The SMILES string of the molecule is CC(C)(C)NS(=O)(=O)c1ccc(C=[N+]([O-])Cc2ccccc2)cc1. The summed E-state index contributed by atoms with van der Waals surface area (Å²) in [4.78, 5) is 0.176. The second kappa shape index (κ2) is 7.15. The molecule has 0 atom stereocenters. The van der Waals surface area contributed by atoms with E-state index in [2.05, 4.69) is 4.72 Å². The molecule has 0 amide bonds. The maximum atomic E-state index is 12.2. The fourth-order valence-electron chi connectivity index (χ4n) is 2.17. The second-order valence-electron chi connectivity index (χ2n) is 6.61. The fraction of sp³-hybridized carbons (Fsp3) is 0.278. The average Bonchev–Trinajstić information content (AvgIpc) is 2.46. The van der Waals surface area contributed by atoms with Crippen molar-refractivity contribution in [3.63, 3.8) is 0 Å². The van der Waals surface area contributed by atoms with Crippen LogP contribution in [0.25, 0.3) is 0 Å². The van der Waals surface area contributed by atoms with Crippen LogP contribution in [0.2, 0.25) is 0 Å². The van der Waals surface area contributed by atoms with Crippen molar-refractivity contribution in [3.8, 4) is 0 Å². The van der Waals surface area contributed by atoms with E-state index in [9.17, 15) is 13.6 Å². The summed E-state index contributed by atoms with van der Waals surface area (Å²) < 4.78 is 27.9. The third-order valence-electron chi connectivity index (χ3n) is 3.11. The summed E-state index contributed by atoms with van der Waals surface area (Å²) in [6.07, 6.45) is 1.45. The van der Waals surface area contributed by atoms with E-state index in [4.69, 9.17) is 0 Å². The highest BCUT2D eigenvalue weighted by Crippen LogP contribution is 2.13. The molecule has 24 heavy (non-hydrogen) atoms. The van der Waals surface area contributed by atoms with Gasteiger partial charge in [0, 0.05) is 16.7 Å². The Morgan fingerprint density at radius 3 is 2.17 bits per heavy atom. The monoisotopic (exact) mass is 346 g/mol. The minimum atomic E-state index is -3.57. The number of nitrogens with zero attached hydrogens (tertiary/aromatic N) is 1. The molecule has 2 rings (SSSR count). The quantitative estimate of drug-likeness (QED) is 0.392. The van der Waals surface area contributed by atoms with E-state index >= 15 is 0 Å². The molecule has 0 bridgehead atoms. The number of nitrogens with one attached hydrogen (secondary N) is 1. The van der Waals surface area contributed by atoms with Crippen LogP contribution in [0.3, 0.4) is 0 Å². The van der Waals surface area contributed by atoms with Gasteiger partial charge in [0.2, 0.25) is 10.0 Å². The Hall–Kier alpha value is -2.18. The van der Waals surface area contributed by atoms with Crippen LogP contribution in [0, 0.1) is 5.21 Å². The first-order chi connectivity index (χ1) is 11.2. The third-order valence-corrected chi connectivity index (χ3v) is 4.88. The van der Waals surface area contributed by atoms with Gasteiger partial charge in [0.05, 0.1) is 4.90 Å². The van der Waals surface area contributed by atoms with Crippen molar-refractivity contribution in [3.05, 3.63) is 70.9 Å². The predicted molar refractivity (Wildman–Crippen MR) is 95.5 cm³/mol. The van der Waals surface area contributed by atoms with Crippen molar-refractivity contribution in [1.82, 2.24) is 4.72 Å². The Morgan fingerprint density at radius 1 is 1.04 bits per heavy atom. The van der Waals surface area contributed by atoms with Crippen LogP contribution in [0.4, 0.5) is 0 Å². The summed E-state index contributed by atoms with van der Waals surface area (Å²) in [5.74, 6) is 0. The summed E-state index contributed by atoms with van der Waals surface area (Å²) in [5.41, 5.74) is 1.01. The molecule has 1 N–H and O–H groups in total. The van der Waals surface area contributed by atoms with Crippen LogP contribution in [0.5, 0.6) is 0 Å². The number of benzene rings is 2. The summed E-state index contributed by atoms with van der Waals surface area (Å²) in [7, 11) is -3.57. The lowest BCUT2D eigenvalue weighted by Gasteiger charge is -2.20. The third kappa shape index (κ3) is 5.47. The molecule has 0 aromatic heterocycles. The molecule has 0 aliphatic heterocycles. The number of sulfonamides is 1. The number of hydroxylamine groups is 1. The van der Waals surface area contributed by atoms with Crippen LogP contribution in [-0.4, -0.2) is 24.9 Å². The van der Waals surface area contributed by atoms with E-state index in [1.165, 1.54) is 18.3 Å². The molecule has 0 spiro atoms.